The molecule has 1 aliphatic rings. The maximum absolute atomic E-state index is 13.6. The van der Waals surface area contributed by atoms with Gasteiger partial charge in [-0.1, -0.05) is 19.1 Å². The number of nitrogens with one attached hydrogen (secondary N) is 1. The number of rotatable bonds is 5. The first-order chi connectivity index (χ1) is 8.74. The molecule has 0 spiro atoms. The van der Waals surface area contributed by atoms with Gasteiger partial charge < -0.3 is 10.1 Å². The lowest BCUT2D eigenvalue weighted by molar-refractivity contribution is 0.215. The van der Waals surface area contributed by atoms with Gasteiger partial charge >= 0.3 is 0 Å². The second kappa shape index (κ2) is 6.34. The quantitative estimate of drug-likeness (QED) is 0.889. The Kier molecular flexibility index (Phi) is 4.78. The van der Waals surface area contributed by atoms with Crippen LogP contribution in [0.4, 0.5) is 4.39 Å². The van der Waals surface area contributed by atoms with Crippen molar-refractivity contribution in [2.75, 3.05) is 13.2 Å². The normalized spacial score (nSPS) is 16.3. The lowest BCUT2D eigenvalue weighted by atomic mass is 10.0. The van der Waals surface area contributed by atoms with Crippen molar-refractivity contribution in [2.45, 2.75) is 25.8 Å². The van der Waals surface area contributed by atoms with Crippen molar-refractivity contribution >= 4 is 15.9 Å². The molecule has 1 aliphatic heterocycles. The second-order valence-corrected chi connectivity index (χ2v) is 5.07. The smallest absolute Gasteiger partial charge is 0.137 e. The molecule has 0 fully saturated rings. The number of benzene rings is 1. The molecule has 4 heteroatoms. The molecule has 2 nitrogen and oxygen atoms in total. The van der Waals surface area contributed by atoms with Crippen LogP contribution in [0, 0.1) is 5.82 Å². The van der Waals surface area contributed by atoms with Gasteiger partial charge in [-0.3, -0.25) is 0 Å². The van der Waals surface area contributed by atoms with E-state index in [2.05, 4.69) is 34.2 Å². The van der Waals surface area contributed by atoms with Crippen LogP contribution in [0.2, 0.25) is 0 Å². The summed E-state index contributed by atoms with van der Waals surface area (Å²) in [6.45, 7) is 3.69. The molecule has 1 heterocycles. The molecular formula is C14H17BrFNO. The van der Waals surface area contributed by atoms with E-state index < -0.39 is 0 Å². The summed E-state index contributed by atoms with van der Waals surface area (Å²) in [6.07, 6.45) is 4.02. The van der Waals surface area contributed by atoms with E-state index in [-0.39, 0.29) is 11.9 Å². The molecule has 0 aromatic heterocycles. The fourth-order valence-corrected chi connectivity index (χ4v) is 2.53. The Morgan fingerprint density at radius 2 is 2.33 bits per heavy atom. The van der Waals surface area contributed by atoms with Gasteiger partial charge in [0.05, 0.1) is 17.1 Å². The highest BCUT2D eigenvalue weighted by atomic mass is 79.9. The molecular weight excluding hydrogens is 297 g/mol. The summed E-state index contributed by atoms with van der Waals surface area (Å²) in [4.78, 5) is 0. The van der Waals surface area contributed by atoms with Crippen molar-refractivity contribution in [2.24, 2.45) is 0 Å². The molecule has 18 heavy (non-hydrogen) atoms. The van der Waals surface area contributed by atoms with E-state index in [9.17, 15) is 4.39 Å². The minimum Gasteiger partial charge on any atom is -0.496 e. The van der Waals surface area contributed by atoms with Crippen molar-refractivity contribution < 1.29 is 9.13 Å². The van der Waals surface area contributed by atoms with Gasteiger partial charge in [0, 0.05) is 6.42 Å². The van der Waals surface area contributed by atoms with Gasteiger partial charge in [-0.15, -0.1) is 0 Å². The van der Waals surface area contributed by atoms with Gasteiger partial charge in [0.25, 0.3) is 0 Å². The first kappa shape index (κ1) is 13.6. The highest BCUT2D eigenvalue weighted by Gasteiger charge is 2.23. The average molecular weight is 314 g/mol. The number of halogens is 2. The predicted octanol–water partition coefficient (Wildman–Crippen LogP) is 3.93. The molecule has 1 aromatic carbocycles. The van der Waals surface area contributed by atoms with Crippen LogP contribution < -0.4 is 5.32 Å². The molecule has 1 N–H and O–H groups in total. The highest BCUT2D eigenvalue weighted by molar-refractivity contribution is 9.10. The predicted molar refractivity (Wildman–Crippen MR) is 73.8 cm³/mol. The van der Waals surface area contributed by atoms with Crippen LogP contribution in [0.15, 0.2) is 34.5 Å². The maximum Gasteiger partial charge on any atom is 0.137 e. The number of hydrogen-bond donors (Lipinski definition) is 1. The van der Waals surface area contributed by atoms with E-state index in [0.29, 0.717) is 11.1 Å². The third-order valence-corrected chi connectivity index (χ3v) is 3.74. The third-order valence-electron chi connectivity index (χ3n) is 2.91. The average Bonchev–Trinajstić information content (AvgIpc) is 2.88. The monoisotopic (exact) mass is 313 g/mol. The lowest BCUT2D eigenvalue weighted by Crippen LogP contribution is -2.24. The van der Waals surface area contributed by atoms with Crippen LogP contribution >= 0.6 is 15.9 Å². The Bertz CT molecular complexity index is 447. The van der Waals surface area contributed by atoms with Crippen molar-refractivity contribution in [3.8, 4) is 0 Å². The van der Waals surface area contributed by atoms with Crippen LogP contribution in [-0.4, -0.2) is 13.2 Å². The van der Waals surface area contributed by atoms with E-state index in [1.165, 1.54) is 6.07 Å². The number of hydrogen-bond acceptors (Lipinski definition) is 2. The standard InChI is InChI=1S/C14H17BrFNO/c1-2-8-17-14(12-7-4-9-18-12)10-5-3-6-11(16)13(10)15/h3,5-7,14,17H,2,4,8-9H2,1H3. The summed E-state index contributed by atoms with van der Waals surface area (Å²) in [7, 11) is 0. The summed E-state index contributed by atoms with van der Waals surface area (Å²) >= 11 is 3.32. The molecule has 98 valence electrons. The van der Waals surface area contributed by atoms with Gasteiger partial charge in [0.2, 0.25) is 0 Å². The Morgan fingerprint density at radius 1 is 1.50 bits per heavy atom. The summed E-state index contributed by atoms with van der Waals surface area (Å²) in [5.41, 5.74) is 0.886. The minimum atomic E-state index is -0.241. The Morgan fingerprint density at radius 3 is 3.00 bits per heavy atom. The largest absolute Gasteiger partial charge is 0.496 e. The van der Waals surface area contributed by atoms with Crippen LogP contribution in [-0.2, 0) is 4.74 Å². The molecule has 0 aliphatic carbocycles. The van der Waals surface area contributed by atoms with E-state index in [1.807, 2.05) is 6.07 Å². The van der Waals surface area contributed by atoms with Crippen LogP contribution in [0.5, 0.6) is 0 Å². The zero-order chi connectivity index (χ0) is 13.0. The topological polar surface area (TPSA) is 21.3 Å². The lowest BCUT2D eigenvalue weighted by Gasteiger charge is -2.21. The molecule has 0 saturated carbocycles. The Hall–Kier alpha value is -0.870. The van der Waals surface area contributed by atoms with Gasteiger partial charge in [-0.25, -0.2) is 4.39 Å². The van der Waals surface area contributed by atoms with E-state index in [4.69, 9.17) is 4.74 Å². The fourth-order valence-electron chi connectivity index (χ4n) is 2.03. The molecule has 1 aromatic rings. The van der Waals surface area contributed by atoms with Crippen LogP contribution in [0.25, 0.3) is 0 Å². The summed E-state index contributed by atoms with van der Waals surface area (Å²) in [6, 6.07) is 5.03. The SMILES string of the molecule is CCCNC(C1=CCCO1)c1cccc(F)c1Br. The van der Waals surface area contributed by atoms with Gasteiger partial charge in [0.15, 0.2) is 0 Å². The third kappa shape index (κ3) is 2.93. The first-order valence-corrected chi connectivity index (χ1v) is 7.03. The zero-order valence-corrected chi connectivity index (χ0v) is 12.0. The van der Waals surface area contributed by atoms with Crippen molar-refractivity contribution in [1.82, 2.24) is 5.32 Å². The van der Waals surface area contributed by atoms with Crippen LogP contribution in [0.1, 0.15) is 31.4 Å². The molecule has 0 saturated heterocycles. The van der Waals surface area contributed by atoms with Gasteiger partial charge in [-0.2, -0.15) is 0 Å². The highest BCUT2D eigenvalue weighted by Crippen LogP contribution is 2.32. The summed E-state index contributed by atoms with van der Waals surface area (Å²) in [5, 5.41) is 3.41. The second-order valence-electron chi connectivity index (χ2n) is 4.27. The van der Waals surface area contributed by atoms with Crippen molar-refractivity contribution in [1.29, 1.82) is 0 Å². The van der Waals surface area contributed by atoms with Crippen molar-refractivity contribution in [3.63, 3.8) is 0 Å². The Balaban J connectivity index is 2.30. The zero-order valence-electron chi connectivity index (χ0n) is 10.4. The fraction of sp³-hybridized carbons (Fsp3) is 0.429. The number of ether oxygens (including phenoxy) is 1. The summed E-state index contributed by atoms with van der Waals surface area (Å²) in [5.74, 6) is 0.657. The minimum absolute atomic E-state index is 0.0717. The summed E-state index contributed by atoms with van der Waals surface area (Å²) < 4.78 is 19.7. The van der Waals surface area contributed by atoms with Gasteiger partial charge in [-0.05, 0) is 46.6 Å². The molecule has 2 rings (SSSR count). The van der Waals surface area contributed by atoms with Crippen LogP contribution in [0.3, 0.4) is 0 Å². The van der Waals surface area contributed by atoms with E-state index in [0.717, 1.165) is 30.7 Å². The van der Waals surface area contributed by atoms with Crippen molar-refractivity contribution in [3.05, 3.63) is 45.9 Å². The first-order valence-electron chi connectivity index (χ1n) is 6.24. The van der Waals surface area contributed by atoms with Gasteiger partial charge in [0.1, 0.15) is 11.6 Å². The molecule has 1 atom stereocenters. The molecule has 0 radical (unpaired) electrons. The maximum atomic E-state index is 13.6. The molecule has 0 amide bonds. The Labute approximate surface area is 115 Å². The van der Waals surface area contributed by atoms with E-state index in [1.54, 1.807) is 6.07 Å². The molecule has 0 bridgehead atoms. The molecule has 1 unspecified atom stereocenters. The van der Waals surface area contributed by atoms with E-state index >= 15 is 0 Å².